The number of carboxylic acids is 1. The highest BCUT2D eigenvalue weighted by atomic mass is 16.9. The van der Waals surface area contributed by atoms with Crippen molar-refractivity contribution < 1.29 is 33.6 Å². The van der Waals surface area contributed by atoms with Crippen molar-refractivity contribution in [3.05, 3.63) is 0 Å². The predicted octanol–water partition coefficient (Wildman–Crippen LogP) is -0.867. The van der Waals surface area contributed by atoms with Gasteiger partial charge in [0.1, 0.15) is 24.4 Å². The summed E-state index contributed by atoms with van der Waals surface area (Å²) in [6.45, 7) is 6.90. The van der Waals surface area contributed by atoms with Gasteiger partial charge in [0.15, 0.2) is 17.9 Å². The van der Waals surface area contributed by atoms with Crippen LogP contribution in [0.25, 0.3) is 0 Å². The Hall–Kier alpha value is -0.730. The van der Waals surface area contributed by atoms with Gasteiger partial charge in [0.2, 0.25) is 0 Å². The van der Waals surface area contributed by atoms with E-state index in [9.17, 15) is 9.90 Å². The zero-order valence-electron chi connectivity index (χ0n) is 11.2. The molecule has 108 valence electrons. The molecule has 3 fully saturated rings. The van der Waals surface area contributed by atoms with Crippen molar-refractivity contribution in [1.82, 2.24) is 0 Å². The number of hydrogen-bond donors (Lipinski definition) is 0. The largest absolute Gasteiger partial charge is 0.547 e. The fourth-order valence-corrected chi connectivity index (χ4v) is 2.80. The highest BCUT2D eigenvalue weighted by Crippen LogP contribution is 2.43. The number of rotatable bonds is 1. The molecule has 3 heterocycles. The smallest absolute Gasteiger partial charge is 0.190 e. The maximum absolute atomic E-state index is 11.2. The van der Waals surface area contributed by atoms with Crippen LogP contribution in [0, 0.1) is 0 Å². The molecule has 3 aliphatic heterocycles. The first kappa shape index (κ1) is 13.3. The summed E-state index contributed by atoms with van der Waals surface area (Å²) < 4.78 is 28.0. The molecule has 0 N–H and O–H groups in total. The maximum Gasteiger partial charge on any atom is 0.190 e. The molecular formula is C12H17O7-. The second-order valence-corrected chi connectivity index (χ2v) is 5.91. The Balaban J connectivity index is 1.91. The summed E-state index contributed by atoms with van der Waals surface area (Å²) in [5.41, 5.74) is 0. The van der Waals surface area contributed by atoms with Gasteiger partial charge >= 0.3 is 0 Å². The summed E-state index contributed by atoms with van der Waals surface area (Å²) in [7, 11) is 0. The van der Waals surface area contributed by atoms with E-state index in [0.29, 0.717) is 0 Å². The Kier molecular flexibility index (Phi) is 2.72. The molecule has 0 aliphatic carbocycles. The first-order valence-electron chi connectivity index (χ1n) is 6.26. The van der Waals surface area contributed by atoms with Gasteiger partial charge in [-0.1, -0.05) is 0 Å². The molecule has 0 unspecified atom stereocenters. The Labute approximate surface area is 110 Å². The zero-order valence-corrected chi connectivity index (χ0v) is 11.2. The standard InChI is InChI=1S/C12H18O7/c1-11(2)16-5-6(17-11)8-10(15-7(5)9(13)14)19-12(3,4)18-8/h5-8,10H,1-4H3,(H,13,14)/p-1/t5-,6-,7-,8-,10+/m1/s1. The average molecular weight is 273 g/mol. The molecule has 3 aliphatic rings. The van der Waals surface area contributed by atoms with Crippen molar-refractivity contribution in [2.75, 3.05) is 0 Å². The normalized spacial score (nSPS) is 46.6. The third-order valence-corrected chi connectivity index (χ3v) is 3.39. The number of ether oxygens (including phenoxy) is 5. The monoisotopic (exact) mass is 273 g/mol. The lowest BCUT2D eigenvalue weighted by molar-refractivity contribution is -0.334. The van der Waals surface area contributed by atoms with E-state index in [-0.39, 0.29) is 0 Å². The first-order chi connectivity index (χ1) is 8.69. The molecule has 5 atom stereocenters. The molecule has 0 aromatic heterocycles. The molecule has 0 aromatic rings. The lowest BCUT2D eigenvalue weighted by Gasteiger charge is -2.37. The number of fused-ring (bicyclic) bond motifs is 3. The molecule has 0 bridgehead atoms. The number of aliphatic carboxylic acids is 1. The van der Waals surface area contributed by atoms with Crippen LogP contribution in [-0.2, 0) is 28.5 Å². The van der Waals surface area contributed by atoms with E-state index in [1.54, 1.807) is 27.7 Å². The van der Waals surface area contributed by atoms with Gasteiger partial charge in [-0.05, 0) is 27.7 Å². The van der Waals surface area contributed by atoms with Crippen LogP contribution in [0.3, 0.4) is 0 Å². The highest BCUT2D eigenvalue weighted by Gasteiger charge is 2.60. The minimum absolute atomic E-state index is 0.516. The summed E-state index contributed by atoms with van der Waals surface area (Å²) in [4.78, 5) is 11.2. The van der Waals surface area contributed by atoms with Crippen LogP contribution < -0.4 is 5.11 Å². The van der Waals surface area contributed by atoms with Crippen LogP contribution in [0.1, 0.15) is 27.7 Å². The van der Waals surface area contributed by atoms with E-state index in [2.05, 4.69) is 0 Å². The summed E-state index contributed by atoms with van der Waals surface area (Å²) >= 11 is 0. The maximum atomic E-state index is 11.2. The predicted molar refractivity (Wildman–Crippen MR) is 57.5 cm³/mol. The molecule has 19 heavy (non-hydrogen) atoms. The fraction of sp³-hybridized carbons (Fsp3) is 0.917. The quantitative estimate of drug-likeness (QED) is 0.614. The Morgan fingerprint density at radius 2 is 1.42 bits per heavy atom. The van der Waals surface area contributed by atoms with Gasteiger partial charge in [-0.3, -0.25) is 0 Å². The van der Waals surface area contributed by atoms with E-state index < -0.39 is 48.2 Å². The molecule has 3 rings (SSSR count). The zero-order chi connectivity index (χ0) is 14.0. The highest BCUT2D eigenvalue weighted by molar-refractivity contribution is 5.71. The van der Waals surface area contributed by atoms with Crippen LogP contribution in [0.2, 0.25) is 0 Å². The van der Waals surface area contributed by atoms with Crippen LogP contribution >= 0.6 is 0 Å². The van der Waals surface area contributed by atoms with Gasteiger partial charge in [0, 0.05) is 0 Å². The van der Waals surface area contributed by atoms with E-state index in [0.717, 1.165) is 0 Å². The van der Waals surface area contributed by atoms with Gasteiger partial charge in [0.05, 0.1) is 5.97 Å². The van der Waals surface area contributed by atoms with Gasteiger partial charge in [0.25, 0.3) is 0 Å². The second kappa shape index (κ2) is 3.89. The molecule has 7 heteroatoms. The average Bonchev–Trinajstić information content (AvgIpc) is 2.70. The van der Waals surface area contributed by atoms with Crippen molar-refractivity contribution >= 4 is 5.97 Å². The van der Waals surface area contributed by atoms with Crippen molar-refractivity contribution in [1.29, 1.82) is 0 Å². The SMILES string of the molecule is CC1(C)O[C@@H]2[C@@H](O1)[C@H](C(=O)[O-])O[C@H]1OC(C)(C)O[C@@H]12. The van der Waals surface area contributed by atoms with Crippen molar-refractivity contribution in [2.24, 2.45) is 0 Å². The molecule has 3 saturated heterocycles. The lowest BCUT2D eigenvalue weighted by Crippen LogP contribution is -2.60. The van der Waals surface area contributed by atoms with Crippen molar-refractivity contribution in [3.8, 4) is 0 Å². The Morgan fingerprint density at radius 1 is 0.895 bits per heavy atom. The summed E-state index contributed by atoms with van der Waals surface area (Å²) in [6.07, 6.45) is -3.86. The third-order valence-electron chi connectivity index (χ3n) is 3.39. The number of carbonyl (C=O) groups excluding carboxylic acids is 1. The molecule has 0 saturated carbocycles. The van der Waals surface area contributed by atoms with E-state index in [4.69, 9.17) is 23.7 Å². The third kappa shape index (κ3) is 2.15. The number of carbonyl (C=O) groups is 1. The number of carboxylic acid groups (broad SMARTS) is 1. The topological polar surface area (TPSA) is 86.3 Å². The van der Waals surface area contributed by atoms with Crippen LogP contribution in [0.15, 0.2) is 0 Å². The Morgan fingerprint density at radius 3 is 2.05 bits per heavy atom. The molecule has 0 spiro atoms. The Bertz CT molecular complexity index is 405. The summed E-state index contributed by atoms with van der Waals surface area (Å²) in [5.74, 6) is -3.09. The van der Waals surface area contributed by atoms with Crippen LogP contribution in [0.5, 0.6) is 0 Å². The minimum Gasteiger partial charge on any atom is -0.547 e. The molecule has 0 amide bonds. The molecule has 0 radical (unpaired) electrons. The summed E-state index contributed by atoms with van der Waals surface area (Å²) in [5, 5.41) is 11.2. The van der Waals surface area contributed by atoms with E-state index >= 15 is 0 Å². The fourth-order valence-electron chi connectivity index (χ4n) is 2.80. The first-order valence-corrected chi connectivity index (χ1v) is 6.26. The van der Waals surface area contributed by atoms with E-state index in [1.807, 2.05) is 0 Å². The number of hydrogen-bond acceptors (Lipinski definition) is 7. The molecule has 7 nitrogen and oxygen atoms in total. The van der Waals surface area contributed by atoms with Gasteiger partial charge < -0.3 is 33.6 Å². The van der Waals surface area contributed by atoms with Gasteiger partial charge in [-0.25, -0.2) is 0 Å². The van der Waals surface area contributed by atoms with Crippen LogP contribution in [-0.4, -0.2) is 48.2 Å². The summed E-state index contributed by atoms with van der Waals surface area (Å²) in [6, 6.07) is 0. The molecular weight excluding hydrogens is 256 g/mol. The minimum atomic E-state index is -1.34. The van der Waals surface area contributed by atoms with Gasteiger partial charge in [-0.2, -0.15) is 0 Å². The van der Waals surface area contributed by atoms with Gasteiger partial charge in [-0.15, -0.1) is 0 Å². The van der Waals surface area contributed by atoms with Crippen molar-refractivity contribution in [2.45, 2.75) is 70.0 Å². The van der Waals surface area contributed by atoms with Crippen molar-refractivity contribution in [3.63, 3.8) is 0 Å². The lowest BCUT2D eigenvalue weighted by atomic mass is 9.99. The van der Waals surface area contributed by atoms with Crippen LogP contribution in [0.4, 0.5) is 0 Å². The van der Waals surface area contributed by atoms with E-state index in [1.165, 1.54) is 0 Å². The second-order valence-electron chi connectivity index (χ2n) is 5.91. The molecule has 0 aromatic carbocycles.